The maximum Gasteiger partial charge on any atom is 0.241 e. The van der Waals surface area contributed by atoms with E-state index in [1.54, 1.807) is 10.9 Å². The number of nitrogens with two attached hydrogens (primary N) is 1. The summed E-state index contributed by atoms with van der Waals surface area (Å²) in [6, 6.07) is 8.87. The molecule has 1 amide bonds. The van der Waals surface area contributed by atoms with Gasteiger partial charge in [-0.05, 0) is 18.6 Å². The van der Waals surface area contributed by atoms with Crippen LogP contribution in [0.4, 0.5) is 0 Å². The van der Waals surface area contributed by atoms with Crippen molar-refractivity contribution in [1.82, 2.24) is 15.1 Å². The Morgan fingerprint density at radius 3 is 2.63 bits per heavy atom. The van der Waals surface area contributed by atoms with E-state index < -0.39 is 6.04 Å². The van der Waals surface area contributed by atoms with Gasteiger partial charge in [-0.1, -0.05) is 29.8 Å². The van der Waals surface area contributed by atoms with Crippen molar-refractivity contribution in [2.45, 2.75) is 19.5 Å². The molecule has 1 unspecified atom stereocenters. The second kappa shape index (κ2) is 5.67. The predicted octanol–water partition coefficient (Wildman–Crippen LogP) is 1.04. The van der Waals surface area contributed by atoms with E-state index in [4.69, 9.17) is 5.73 Å². The lowest BCUT2D eigenvalue weighted by atomic mass is 10.1. The van der Waals surface area contributed by atoms with Crippen molar-refractivity contribution in [2.24, 2.45) is 12.8 Å². The highest BCUT2D eigenvalue weighted by Gasteiger charge is 2.15. The Bertz CT molecular complexity index is 559. The van der Waals surface area contributed by atoms with Gasteiger partial charge in [-0.15, -0.1) is 0 Å². The molecule has 3 N–H and O–H groups in total. The molecule has 0 aliphatic rings. The Hall–Kier alpha value is -2.14. The van der Waals surface area contributed by atoms with E-state index in [0.29, 0.717) is 6.54 Å². The van der Waals surface area contributed by atoms with Gasteiger partial charge >= 0.3 is 0 Å². The van der Waals surface area contributed by atoms with E-state index in [1.165, 1.54) is 0 Å². The number of amides is 1. The van der Waals surface area contributed by atoms with E-state index in [9.17, 15) is 4.79 Å². The lowest BCUT2D eigenvalue weighted by molar-refractivity contribution is -0.122. The second-order valence-electron chi connectivity index (χ2n) is 4.55. The minimum Gasteiger partial charge on any atom is -0.349 e. The third-order valence-electron chi connectivity index (χ3n) is 3.09. The first-order chi connectivity index (χ1) is 9.08. The molecule has 0 radical (unpaired) electrons. The summed E-state index contributed by atoms with van der Waals surface area (Å²) in [4.78, 5) is 12.0. The van der Waals surface area contributed by atoms with Gasteiger partial charge in [-0.2, -0.15) is 5.10 Å². The molecule has 1 atom stereocenters. The number of aryl methyl sites for hydroxylation is 2. The molecule has 0 saturated heterocycles. The summed E-state index contributed by atoms with van der Waals surface area (Å²) in [7, 11) is 1.83. The highest BCUT2D eigenvalue weighted by atomic mass is 16.2. The molecule has 0 saturated carbocycles. The number of benzene rings is 1. The SMILES string of the molecule is Cc1ccc(C(N)C(=O)NCc2ccnn2C)cc1. The first-order valence-electron chi connectivity index (χ1n) is 6.14. The van der Waals surface area contributed by atoms with Gasteiger partial charge in [0.2, 0.25) is 5.91 Å². The molecule has 5 heteroatoms. The van der Waals surface area contributed by atoms with Gasteiger partial charge in [0.15, 0.2) is 0 Å². The van der Waals surface area contributed by atoms with Gasteiger partial charge in [0, 0.05) is 13.2 Å². The molecule has 19 heavy (non-hydrogen) atoms. The molecule has 2 rings (SSSR count). The smallest absolute Gasteiger partial charge is 0.241 e. The van der Waals surface area contributed by atoms with Crippen LogP contribution in [0.5, 0.6) is 0 Å². The normalized spacial score (nSPS) is 12.2. The van der Waals surface area contributed by atoms with Crippen molar-refractivity contribution >= 4 is 5.91 Å². The van der Waals surface area contributed by atoms with E-state index in [0.717, 1.165) is 16.8 Å². The van der Waals surface area contributed by atoms with Gasteiger partial charge in [0.05, 0.1) is 12.2 Å². The average molecular weight is 258 g/mol. The summed E-state index contributed by atoms with van der Waals surface area (Å²) >= 11 is 0. The molecule has 1 aromatic heterocycles. The fourth-order valence-corrected chi connectivity index (χ4v) is 1.79. The number of nitrogens with one attached hydrogen (secondary N) is 1. The highest BCUT2D eigenvalue weighted by Crippen LogP contribution is 2.11. The standard InChI is InChI=1S/C14H18N4O/c1-10-3-5-11(6-4-10)13(15)14(19)16-9-12-7-8-17-18(12)2/h3-8,13H,9,15H2,1-2H3,(H,16,19). The summed E-state index contributed by atoms with van der Waals surface area (Å²) in [6.45, 7) is 2.42. The maximum atomic E-state index is 12.0. The van der Waals surface area contributed by atoms with Crippen LogP contribution < -0.4 is 11.1 Å². The van der Waals surface area contributed by atoms with Crippen LogP contribution in [-0.2, 0) is 18.4 Å². The number of nitrogens with zero attached hydrogens (tertiary/aromatic N) is 2. The molecule has 2 aromatic rings. The average Bonchev–Trinajstić information content (AvgIpc) is 2.81. The number of hydrogen-bond acceptors (Lipinski definition) is 3. The van der Waals surface area contributed by atoms with Gasteiger partial charge in [-0.3, -0.25) is 9.48 Å². The van der Waals surface area contributed by atoms with E-state index in [1.807, 2.05) is 44.3 Å². The fourth-order valence-electron chi connectivity index (χ4n) is 1.79. The molecule has 1 heterocycles. The van der Waals surface area contributed by atoms with Crippen molar-refractivity contribution in [3.05, 3.63) is 53.3 Å². The molecule has 0 aliphatic heterocycles. The molecule has 1 aromatic carbocycles. The monoisotopic (exact) mass is 258 g/mol. The Labute approximate surface area is 112 Å². The third kappa shape index (κ3) is 3.20. The predicted molar refractivity (Wildman–Crippen MR) is 73.2 cm³/mol. The summed E-state index contributed by atoms with van der Waals surface area (Å²) in [5.41, 5.74) is 8.82. The van der Waals surface area contributed by atoms with E-state index in [-0.39, 0.29) is 5.91 Å². The van der Waals surface area contributed by atoms with Crippen LogP contribution in [0.25, 0.3) is 0 Å². The zero-order valence-electron chi connectivity index (χ0n) is 11.1. The largest absolute Gasteiger partial charge is 0.349 e. The maximum absolute atomic E-state index is 12.0. The molecule has 0 aliphatic carbocycles. The summed E-state index contributed by atoms with van der Waals surface area (Å²) in [6.07, 6.45) is 1.70. The Balaban J connectivity index is 1.96. The minimum atomic E-state index is -0.645. The molecule has 0 fully saturated rings. The molecule has 5 nitrogen and oxygen atoms in total. The minimum absolute atomic E-state index is 0.190. The van der Waals surface area contributed by atoms with Crippen LogP contribution in [-0.4, -0.2) is 15.7 Å². The molecule has 100 valence electrons. The fraction of sp³-hybridized carbons (Fsp3) is 0.286. The summed E-state index contributed by atoms with van der Waals surface area (Å²) < 4.78 is 1.72. The van der Waals surface area contributed by atoms with Gasteiger partial charge < -0.3 is 11.1 Å². The van der Waals surface area contributed by atoms with Crippen LogP contribution in [0.15, 0.2) is 36.5 Å². The zero-order valence-corrected chi connectivity index (χ0v) is 11.1. The Morgan fingerprint density at radius 1 is 1.37 bits per heavy atom. The zero-order chi connectivity index (χ0) is 13.8. The molecular formula is C14H18N4O. The quantitative estimate of drug-likeness (QED) is 0.860. The Kier molecular flexibility index (Phi) is 3.97. The van der Waals surface area contributed by atoms with Crippen molar-refractivity contribution in [3.63, 3.8) is 0 Å². The van der Waals surface area contributed by atoms with Crippen molar-refractivity contribution in [1.29, 1.82) is 0 Å². The molecule has 0 spiro atoms. The number of rotatable bonds is 4. The van der Waals surface area contributed by atoms with Crippen molar-refractivity contribution in [2.75, 3.05) is 0 Å². The molecular weight excluding hydrogens is 240 g/mol. The topological polar surface area (TPSA) is 72.9 Å². The van der Waals surface area contributed by atoms with Gasteiger partial charge in [0.1, 0.15) is 6.04 Å². The Morgan fingerprint density at radius 2 is 2.05 bits per heavy atom. The van der Waals surface area contributed by atoms with Crippen LogP contribution >= 0.6 is 0 Å². The van der Waals surface area contributed by atoms with Crippen molar-refractivity contribution < 1.29 is 4.79 Å². The first-order valence-corrected chi connectivity index (χ1v) is 6.14. The third-order valence-corrected chi connectivity index (χ3v) is 3.09. The number of carbonyl (C=O) groups excluding carboxylic acids is 1. The summed E-state index contributed by atoms with van der Waals surface area (Å²) in [5, 5.41) is 6.86. The number of aromatic nitrogens is 2. The molecule has 0 bridgehead atoms. The van der Waals surface area contributed by atoms with E-state index >= 15 is 0 Å². The van der Waals surface area contributed by atoms with E-state index in [2.05, 4.69) is 10.4 Å². The highest BCUT2D eigenvalue weighted by molar-refractivity contribution is 5.82. The lowest BCUT2D eigenvalue weighted by Crippen LogP contribution is -2.34. The second-order valence-corrected chi connectivity index (χ2v) is 4.55. The first kappa shape index (κ1) is 13.3. The van der Waals surface area contributed by atoms with Crippen LogP contribution in [0.1, 0.15) is 22.9 Å². The van der Waals surface area contributed by atoms with Crippen LogP contribution in [0.3, 0.4) is 0 Å². The number of hydrogen-bond donors (Lipinski definition) is 2. The van der Waals surface area contributed by atoms with Gasteiger partial charge in [0.25, 0.3) is 0 Å². The number of carbonyl (C=O) groups is 1. The lowest BCUT2D eigenvalue weighted by Gasteiger charge is -2.13. The summed E-state index contributed by atoms with van der Waals surface area (Å²) in [5.74, 6) is -0.190. The van der Waals surface area contributed by atoms with Crippen LogP contribution in [0, 0.1) is 6.92 Å². The van der Waals surface area contributed by atoms with Gasteiger partial charge in [-0.25, -0.2) is 0 Å². The van der Waals surface area contributed by atoms with Crippen LogP contribution in [0.2, 0.25) is 0 Å². The van der Waals surface area contributed by atoms with Crippen molar-refractivity contribution in [3.8, 4) is 0 Å².